The van der Waals surface area contributed by atoms with Crippen LogP contribution in [0.2, 0.25) is 58.9 Å². The summed E-state index contributed by atoms with van der Waals surface area (Å²) in [4.78, 5) is 0. The molecule has 0 aliphatic carbocycles. The molecule has 128 valence electrons. The van der Waals surface area contributed by atoms with E-state index in [4.69, 9.17) is 4.74 Å². The topological polar surface area (TPSA) is 27.6 Å². The second-order valence-corrected chi connectivity index (χ2v) is 28.8. The van der Waals surface area contributed by atoms with Crippen LogP contribution in [-0.4, -0.2) is 40.9 Å². The summed E-state index contributed by atoms with van der Waals surface area (Å²) in [5.41, 5.74) is 0.00667. The molecule has 1 atom stereocenters. The van der Waals surface area contributed by atoms with Gasteiger partial charge in [0.05, 0.1) is 12.9 Å². The van der Waals surface area contributed by atoms with Gasteiger partial charge in [0.2, 0.25) is 0 Å². The molecule has 0 bridgehead atoms. The zero-order valence-electron chi connectivity index (χ0n) is 16.8. The van der Waals surface area contributed by atoms with Crippen LogP contribution in [0.4, 0.5) is 0 Å². The molecule has 1 N–H and O–H groups in total. The monoisotopic (exact) mass is 365 g/mol. The predicted molar refractivity (Wildman–Crippen MR) is 110 cm³/mol. The molecule has 0 amide bonds. The van der Waals surface area contributed by atoms with Gasteiger partial charge in [-0.1, -0.05) is 58.9 Å². The summed E-state index contributed by atoms with van der Waals surface area (Å²) in [7, 11) is -5.97. The van der Waals surface area contributed by atoms with Crippen molar-refractivity contribution in [2.75, 3.05) is 6.66 Å². The van der Waals surface area contributed by atoms with E-state index >= 15 is 0 Å². The fraction of sp³-hybridized carbons (Fsp3) is 1.00. The Labute approximate surface area is 137 Å². The molecule has 3 nitrogen and oxygen atoms in total. The van der Waals surface area contributed by atoms with Crippen LogP contribution in [0.5, 0.6) is 0 Å². The molecule has 0 saturated heterocycles. The molecule has 0 aliphatic heterocycles. The van der Waals surface area contributed by atoms with Crippen molar-refractivity contribution in [3.8, 4) is 0 Å². The lowest BCUT2D eigenvalue weighted by Gasteiger charge is -2.52. The molecule has 0 spiro atoms. The normalized spacial score (nSPS) is 17.8. The second-order valence-electron chi connectivity index (χ2n) is 10.2. The quantitative estimate of drug-likeness (QED) is 0.489. The first-order valence-electron chi connectivity index (χ1n) is 7.99. The first kappa shape index (κ1) is 21.8. The van der Waals surface area contributed by atoms with Crippen LogP contribution in [0, 0.1) is 0 Å². The van der Waals surface area contributed by atoms with Crippen LogP contribution in [-0.2, 0) is 0 Å². The molecule has 0 aliphatic rings. The Balaban J connectivity index is 6.30. The van der Waals surface area contributed by atoms with Crippen LogP contribution in [0.1, 0.15) is 20.8 Å². The standard InChI is InChI=1S/C14H40N3PSi3/c1-14(2,3)15-18(4,16-19(5,6)7)17(20(8,9)10)21(11,12)13/h16H,1-13H3. The van der Waals surface area contributed by atoms with E-state index in [1.807, 2.05) is 0 Å². The summed E-state index contributed by atoms with van der Waals surface area (Å²) in [6.07, 6.45) is 0. The molecule has 0 aromatic heterocycles. The molecular formula is C14H40N3PSi3. The van der Waals surface area contributed by atoms with Gasteiger partial charge in [0.25, 0.3) is 0 Å². The van der Waals surface area contributed by atoms with Crippen molar-refractivity contribution in [2.45, 2.75) is 85.2 Å². The van der Waals surface area contributed by atoms with E-state index in [2.05, 4.69) is 95.1 Å². The van der Waals surface area contributed by atoms with Gasteiger partial charge >= 0.3 is 0 Å². The lowest BCUT2D eigenvalue weighted by atomic mass is 10.1. The Bertz CT molecular complexity index is 395. The van der Waals surface area contributed by atoms with E-state index in [1.54, 1.807) is 0 Å². The van der Waals surface area contributed by atoms with Gasteiger partial charge in [0.1, 0.15) is 24.7 Å². The Morgan fingerprint density at radius 3 is 1.33 bits per heavy atom. The highest BCUT2D eigenvalue weighted by molar-refractivity contribution is 7.67. The van der Waals surface area contributed by atoms with E-state index in [0.29, 0.717) is 0 Å². The average Bonchev–Trinajstić information content (AvgIpc) is 1.83. The molecule has 0 radical (unpaired) electrons. The Morgan fingerprint density at radius 1 is 0.810 bits per heavy atom. The van der Waals surface area contributed by atoms with Gasteiger partial charge in [-0.3, -0.25) is 9.50 Å². The number of nitrogens with one attached hydrogen (secondary N) is 1. The van der Waals surface area contributed by atoms with Crippen molar-refractivity contribution in [1.82, 2.24) is 8.75 Å². The highest BCUT2D eigenvalue weighted by Crippen LogP contribution is 2.54. The number of rotatable bonds is 5. The fourth-order valence-corrected chi connectivity index (χ4v) is 29.0. The third-order valence-electron chi connectivity index (χ3n) is 2.70. The van der Waals surface area contributed by atoms with Gasteiger partial charge in [-0.2, -0.15) is 0 Å². The van der Waals surface area contributed by atoms with Gasteiger partial charge in [-0.15, -0.1) is 0 Å². The molecule has 7 heteroatoms. The zero-order valence-corrected chi connectivity index (χ0v) is 20.7. The second kappa shape index (κ2) is 6.36. The minimum atomic E-state index is -1.67. The first-order valence-corrected chi connectivity index (χ1v) is 20.5. The Hall–Kier alpha value is 0.801. The van der Waals surface area contributed by atoms with Crippen molar-refractivity contribution in [3.05, 3.63) is 0 Å². The van der Waals surface area contributed by atoms with Gasteiger partial charge < -0.3 is 4.00 Å². The maximum absolute atomic E-state index is 5.39. The number of nitrogens with zero attached hydrogens (tertiary/aromatic N) is 2. The van der Waals surface area contributed by atoms with Crippen LogP contribution in [0.15, 0.2) is 4.74 Å². The lowest BCUT2D eigenvalue weighted by Crippen LogP contribution is -2.60. The van der Waals surface area contributed by atoms with E-state index < -0.39 is 32.1 Å². The summed E-state index contributed by atoms with van der Waals surface area (Å²) >= 11 is 0. The molecule has 0 aromatic carbocycles. The molecule has 0 fully saturated rings. The van der Waals surface area contributed by atoms with Gasteiger partial charge in [0, 0.05) is 0 Å². The highest BCUT2D eigenvalue weighted by Gasteiger charge is 2.44. The molecule has 21 heavy (non-hydrogen) atoms. The van der Waals surface area contributed by atoms with Crippen LogP contribution in [0.25, 0.3) is 0 Å². The Kier molecular flexibility index (Phi) is 6.61. The average molecular weight is 366 g/mol. The first-order chi connectivity index (χ1) is 8.78. The predicted octanol–water partition coefficient (Wildman–Crippen LogP) is 5.84. The number of hydrogen-bond donors (Lipinski definition) is 1. The van der Waals surface area contributed by atoms with E-state index in [-0.39, 0.29) is 5.54 Å². The van der Waals surface area contributed by atoms with E-state index in [9.17, 15) is 0 Å². The summed E-state index contributed by atoms with van der Waals surface area (Å²) < 4.78 is 12.4. The van der Waals surface area contributed by atoms with E-state index in [1.165, 1.54) is 0 Å². The molecule has 1 unspecified atom stereocenters. The lowest BCUT2D eigenvalue weighted by molar-refractivity contribution is 0.585. The highest BCUT2D eigenvalue weighted by atomic mass is 31.2. The summed E-state index contributed by atoms with van der Waals surface area (Å²) in [6.45, 7) is 31.2. The third kappa shape index (κ3) is 7.75. The summed E-state index contributed by atoms with van der Waals surface area (Å²) in [5.74, 6) is 0. The molecule has 0 rings (SSSR count). The maximum atomic E-state index is 5.39. The molecular weight excluding hydrogens is 325 g/mol. The fourth-order valence-electron chi connectivity index (χ4n) is 3.51. The smallest absolute Gasteiger partial charge is 0.123 e. The van der Waals surface area contributed by atoms with Crippen molar-refractivity contribution < 1.29 is 0 Å². The summed E-state index contributed by atoms with van der Waals surface area (Å²) in [6, 6.07) is 0. The Morgan fingerprint density at radius 2 is 1.14 bits per heavy atom. The minimum absolute atomic E-state index is 0.00667. The summed E-state index contributed by atoms with van der Waals surface area (Å²) in [5, 5.41) is 0. The molecule has 0 saturated carbocycles. The zero-order chi connectivity index (χ0) is 17.5. The molecule has 0 aromatic rings. The van der Waals surface area contributed by atoms with Crippen molar-refractivity contribution in [1.29, 1.82) is 0 Å². The SMILES string of the molecule is CC(C)(C)N=P(C)(N[Si](C)(C)C)N([Si](C)(C)C)[Si](C)(C)C. The third-order valence-corrected chi connectivity index (χ3v) is 21.4. The number of hydrogen-bond acceptors (Lipinski definition) is 1. The van der Waals surface area contributed by atoms with Crippen molar-refractivity contribution in [2.24, 2.45) is 4.74 Å². The van der Waals surface area contributed by atoms with Gasteiger partial charge in [-0.05, 0) is 27.4 Å². The minimum Gasteiger partial charge on any atom is -0.302 e. The van der Waals surface area contributed by atoms with Crippen LogP contribution < -0.4 is 4.75 Å². The maximum Gasteiger partial charge on any atom is 0.123 e. The van der Waals surface area contributed by atoms with E-state index in [0.717, 1.165) is 0 Å². The molecule has 0 heterocycles. The van der Waals surface area contributed by atoms with Crippen LogP contribution in [0.3, 0.4) is 0 Å². The van der Waals surface area contributed by atoms with Crippen LogP contribution >= 0.6 is 7.36 Å². The van der Waals surface area contributed by atoms with Gasteiger partial charge in [0.15, 0.2) is 0 Å². The van der Waals surface area contributed by atoms with Crippen molar-refractivity contribution in [3.63, 3.8) is 0 Å². The largest absolute Gasteiger partial charge is 0.302 e. The van der Waals surface area contributed by atoms with Gasteiger partial charge in [-0.25, -0.2) is 0 Å². The van der Waals surface area contributed by atoms with Crippen molar-refractivity contribution >= 4 is 32.1 Å².